The molecule has 0 aliphatic rings. The Labute approximate surface area is 164 Å². The smallest absolute Gasteiger partial charge is 0.286 e. The molecule has 0 fully saturated rings. The highest BCUT2D eigenvalue weighted by molar-refractivity contribution is 7.16. The van der Waals surface area contributed by atoms with Crippen molar-refractivity contribution in [2.75, 3.05) is 0 Å². The standard InChI is InChI=1S/C22H18N2O3S/c1-4-9-24-19-14(3)10-13(2)11-18(19)28-22(24)23-21(26)16-12-27-17-8-6-5-7-15(17)20(16)25/h4-8,10-12H,1,9H2,2-3H3. The molecule has 1 amide bonds. The van der Waals surface area contributed by atoms with E-state index >= 15 is 0 Å². The summed E-state index contributed by atoms with van der Waals surface area (Å²) in [6.45, 7) is 8.39. The molecule has 0 saturated carbocycles. The Morgan fingerprint density at radius 1 is 1.29 bits per heavy atom. The van der Waals surface area contributed by atoms with E-state index in [1.807, 2.05) is 18.4 Å². The van der Waals surface area contributed by atoms with Crippen molar-refractivity contribution in [1.29, 1.82) is 0 Å². The van der Waals surface area contributed by atoms with Gasteiger partial charge in [0.2, 0.25) is 5.43 Å². The Morgan fingerprint density at radius 3 is 2.86 bits per heavy atom. The highest BCUT2D eigenvalue weighted by atomic mass is 32.1. The molecule has 28 heavy (non-hydrogen) atoms. The first-order valence-corrected chi connectivity index (χ1v) is 9.62. The van der Waals surface area contributed by atoms with Crippen LogP contribution in [0.4, 0.5) is 0 Å². The lowest BCUT2D eigenvalue weighted by Gasteiger charge is -2.05. The summed E-state index contributed by atoms with van der Waals surface area (Å²) in [6.07, 6.45) is 2.95. The van der Waals surface area contributed by atoms with E-state index < -0.39 is 5.91 Å². The third-order valence-corrected chi connectivity index (χ3v) is 5.56. The number of aryl methyl sites for hydroxylation is 2. The average Bonchev–Trinajstić information content (AvgIpc) is 2.99. The topological polar surface area (TPSA) is 64.6 Å². The lowest BCUT2D eigenvalue weighted by molar-refractivity contribution is 0.0995. The van der Waals surface area contributed by atoms with Gasteiger partial charge in [-0.2, -0.15) is 4.99 Å². The molecule has 4 aromatic rings. The lowest BCUT2D eigenvalue weighted by Crippen LogP contribution is -2.20. The van der Waals surface area contributed by atoms with Gasteiger partial charge < -0.3 is 8.98 Å². The zero-order valence-electron chi connectivity index (χ0n) is 15.6. The molecule has 0 aliphatic carbocycles. The maximum atomic E-state index is 12.8. The normalized spacial score (nSPS) is 12.0. The third-order valence-electron chi connectivity index (χ3n) is 4.53. The Balaban J connectivity index is 1.93. The van der Waals surface area contributed by atoms with Crippen LogP contribution in [-0.2, 0) is 6.54 Å². The summed E-state index contributed by atoms with van der Waals surface area (Å²) < 4.78 is 8.44. The number of para-hydroxylation sites is 1. The van der Waals surface area contributed by atoms with Crippen LogP contribution in [0.2, 0.25) is 0 Å². The number of allylic oxidation sites excluding steroid dienone is 1. The van der Waals surface area contributed by atoms with Crippen molar-refractivity contribution in [2.45, 2.75) is 20.4 Å². The monoisotopic (exact) mass is 390 g/mol. The number of rotatable bonds is 3. The molecule has 5 nitrogen and oxygen atoms in total. The number of carbonyl (C=O) groups excluding carboxylic acids is 1. The molecule has 2 heterocycles. The van der Waals surface area contributed by atoms with Gasteiger partial charge in [0.1, 0.15) is 17.4 Å². The van der Waals surface area contributed by atoms with Crippen molar-refractivity contribution in [3.05, 3.63) is 87.0 Å². The van der Waals surface area contributed by atoms with E-state index in [-0.39, 0.29) is 11.0 Å². The molecule has 4 rings (SSSR count). The Kier molecular flexibility index (Phi) is 4.57. The van der Waals surface area contributed by atoms with Gasteiger partial charge in [-0.3, -0.25) is 9.59 Å². The van der Waals surface area contributed by atoms with Gasteiger partial charge in [0.25, 0.3) is 5.91 Å². The molecular formula is C22H18N2O3S. The van der Waals surface area contributed by atoms with Gasteiger partial charge in [0, 0.05) is 6.54 Å². The zero-order chi connectivity index (χ0) is 19.8. The molecule has 6 heteroatoms. The quantitative estimate of drug-likeness (QED) is 0.489. The van der Waals surface area contributed by atoms with Crippen LogP contribution in [0.15, 0.2) is 69.5 Å². The minimum Gasteiger partial charge on any atom is -0.463 e. The van der Waals surface area contributed by atoms with Gasteiger partial charge in [-0.1, -0.05) is 35.6 Å². The first-order chi connectivity index (χ1) is 13.5. The van der Waals surface area contributed by atoms with Gasteiger partial charge in [0.15, 0.2) is 4.80 Å². The van der Waals surface area contributed by atoms with Crippen molar-refractivity contribution in [2.24, 2.45) is 4.99 Å². The second kappa shape index (κ2) is 7.05. The zero-order valence-corrected chi connectivity index (χ0v) is 16.4. The number of aromatic nitrogens is 1. The van der Waals surface area contributed by atoms with Crippen molar-refractivity contribution >= 4 is 38.4 Å². The predicted molar refractivity (Wildman–Crippen MR) is 112 cm³/mol. The Hall–Kier alpha value is -3.25. The number of amides is 1. The van der Waals surface area contributed by atoms with Crippen LogP contribution in [0.1, 0.15) is 21.5 Å². The number of hydrogen-bond donors (Lipinski definition) is 0. The van der Waals surface area contributed by atoms with Gasteiger partial charge in [-0.25, -0.2) is 0 Å². The highest BCUT2D eigenvalue weighted by Crippen LogP contribution is 2.23. The van der Waals surface area contributed by atoms with Gasteiger partial charge in [0.05, 0.1) is 15.6 Å². The minimum absolute atomic E-state index is 0.0748. The van der Waals surface area contributed by atoms with Crippen LogP contribution < -0.4 is 10.2 Å². The van der Waals surface area contributed by atoms with E-state index in [1.54, 1.807) is 30.3 Å². The molecule has 0 aliphatic heterocycles. The molecule has 0 N–H and O–H groups in total. The molecule has 0 atom stereocenters. The van der Waals surface area contributed by atoms with Gasteiger partial charge in [-0.05, 0) is 43.2 Å². The second-order valence-corrected chi connectivity index (χ2v) is 7.61. The van der Waals surface area contributed by atoms with Crippen LogP contribution in [0, 0.1) is 13.8 Å². The maximum Gasteiger partial charge on any atom is 0.286 e. The first kappa shape index (κ1) is 18.1. The number of fused-ring (bicyclic) bond motifs is 2. The van der Waals surface area contributed by atoms with Crippen LogP contribution >= 0.6 is 11.3 Å². The fourth-order valence-electron chi connectivity index (χ4n) is 3.35. The second-order valence-electron chi connectivity index (χ2n) is 6.60. The lowest BCUT2D eigenvalue weighted by atomic mass is 10.1. The minimum atomic E-state index is -0.613. The number of thiazole rings is 1. The predicted octanol–water partition coefficient (Wildman–Crippen LogP) is 4.35. The van der Waals surface area contributed by atoms with Gasteiger partial charge >= 0.3 is 0 Å². The number of nitrogens with zero attached hydrogens (tertiary/aromatic N) is 2. The molecule has 140 valence electrons. The van der Waals surface area contributed by atoms with E-state index in [4.69, 9.17) is 4.42 Å². The summed E-state index contributed by atoms with van der Waals surface area (Å²) >= 11 is 1.42. The van der Waals surface area contributed by atoms with Crippen LogP contribution in [-0.4, -0.2) is 10.5 Å². The summed E-state index contributed by atoms with van der Waals surface area (Å²) in [5.74, 6) is -0.613. The van der Waals surface area contributed by atoms with E-state index in [9.17, 15) is 9.59 Å². The average molecular weight is 390 g/mol. The molecular weight excluding hydrogens is 372 g/mol. The van der Waals surface area contributed by atoms with Crippen LogP contribution in [0.25, 0.3) is 21.2 Å². The van der Waals surface area contributed by atoms with Crippen molar-refractivity contribution in [1.82, 2.24) is 4.57 Å². The fraction of sp³-hybridized carbons (Fsp3) is 0.136. The summed E-state index contributed by atoms with van der Waals surface area (Å²) in [5.41, 5.74) is 3.26. The Bertz CT molecular complexity index is 1370. The molecule has 0 bridgehead atoms. The molecule has 0 unspecified atom stereocenters. The van der Waals surface area contributed by atoms with E-state index in [0.29, 0.717) is 22.3 Å². The van der Waals surface area contributed by atoms with E-state index in [0.717, 1.165) is 21.3 Å². The SMILES string of the molecule is C=CCn1c(=NC(=O)c2coc3ccccc3c2=O)sc2cc(C)cc(C)c21. The van der Waals surface area contributed by atoms with Crippen LogP contribution in [0.3, 0.4) is 0 Å². The fourth-order valence-corrected chi connectivity index (χ4v) is 4.56. The molecule has 0 spiro atoms. The molecule has 0 radical (unpaired) electrons. The van der Waals surface area contributed by atoms with Gasteiger partial charge in [-0.15, -0.1) is 6.58 Å². The maximum absolute atomic E-state index is 12.8. The van der Waals surface area contributed by atoms with Crippen molar-refractivity contribution in [3.63, 3.8) is 0 Å². The van der Waals surface area contributed by atoms with Crippen molar-refractivity contribution < 1.29 is 9.21 Å². The summed E-state index contributed by atoms with van der Waals surface area (Å²) in [5, 5.41) is 0.366. The highest BCUT2D eigenvalue weighted by Gasteiger charge is 2.15. The van der Waals surface area contributed by atoms with E-state index in [2.05, 4.69) is 23.7 Å². The molecule has 2 aromatic carbocycles. The Morgan fingerprint density at radius 2 is 2.07 bits per heavy atom. The largest absolute Gasteiger partial charge is 0.463 e. The molecule has 2 aromatic heterocycles. The number of benzene rings is 2. The number of carbonyl (C=O) groups is 1. The molecule has 0 saturated heterocycles. The van der Waals surface area contributed by atoms with E-state index in [1.165, 1.54) is 17.6 Å². The third kappa shape index (κ3) is 3.01. The number of hydrogen-bond acceptors (Lipinski definition) is 4. The summed E-state index contributed by atoms with van der Waals surface area (Å²) in [6, 6.07) is 11.0. The summed E-state index contributed by atoms with van der Waals surface area (Å²) in [7, 11) is 0. The van der Waals surface area contributed by atoms with Crippen molar-refractivity contribution in [3.8, 4) is 0 Å². The van der Waals surface area contributed by atoms with Crippen LogP contribution in [0.5, 0.6) is 0 Å². The first-order valence-electron chi connectivity index (χ1n) is 8.80. The summed E-state index contributed by atoms with van der Waals surface area (Å²) in [4.78, 5) is 30.3.